The van der Waals surface area contributed by atoms with E-state index in [-0.39, 0.29) is 49.8 Å². The van der Waals surface area contributed by atoms with Crippen LogP contribution in [0, 0.1) is 24.8 Å². The van der Waals surface area contributed by atoms with E-state index < -0.39 is 85.7 Å². The molecule has 3 saturated heterocycles. The molecular weight excluding hydrogens is 817 g/mol. The monoisotopic (exact) mass is 853 g/mol. The Morgan fingerprint density at radius 3 is 2.51 bits per heavy atom. The van der Waals surface area contributed by atoms with Gasteiger partial charge >= 0.3 is 8.60 Å². The quantitative estimate of drug-likeness (QED) is 0.0918. The molecule has 1 aromatic carbocycles. The first-order valence-corrected chi connectivity index (χ1v) is 20.0. The predicted octanol–water partition coefficient (Wildman–Crippen LogP) is 3.65. The number of aryl methyl sites for hydroxylation is 1. The average molecular weight is 853 g/mol. The van der Waals surface area contributed by atoms with E-state index in [1.807, 2.05) is 6.07 Å². The number of nitrogens with zero attached hydrogens (tertiary/aromatic N) is 10. The number of carbonyl (C=O) groups excluding carboxylic acids is 1. The molecule has 0 radical (unpaired) electrons. The third kappa shape index (κ3) is 8.50. The molecule has 2 bridgehead atoms. The number of halogens is 2. The topological polar surface area (TPSA) is 218 Å². The van der Waals surface area contributed by atoms with Crippen LogP contribution in [0.15, 0.2) is 55.6 Å². The van der Waals surface area contributed by atoms with E-state index in [9.17, 15) is 10.1 Å². The molecule has 8 rings (SSSR count). The molecule has 25 heteroatoms. The average Bonchev–Trinajstić information content (AvgIpc) is 4.01. The van der Waals surface area contributed by atoms with Crippen LogP contribution in [0.4, 0.5) is 14.6 Å². The first-order valence-electron chi connectivity index (χ1n) is 17.8. The Kier molecular flexibility index (Phi) is 12.4. The first-order chi connectivity index (χ1) is 28.7. The van der Waals surface area contributed by atoms with E-state index in [0.29, 0.717) is 22.4 Å². The van der Waals surface area contributed by atoms with Gasteiger partial charge in [-0.2, -0.15) is 5.26 Å². The summed E-state index contributed by atoms with van der Waals surface area (Å²) < 4.78 is 86.2. The fraction of sp³-hybridized carbons (Fsp3) is 0.441. The zero-order valence-corrected chi connectivity index (χ0v) is 32.1. The lowest BCUT2D eigenvalue weighted by atomic mass is 10.1. The van der Waals surface area contributed by atoms with E-state index in [1.54, 1.807) is 37.3 Å². The number of benzene rings is 1. The Labute approximate surface area is 337 Å². The van der Waals surface area contributed by atoms with Gasteiger partial charge in [0, 0.05) is 5.56 Å². The summed E-state index contributed by atoms with van der Waals surface area (Å²) >= 11 is 0. The number of nitrogens with one attached hydrogen (secondary N) is 1. The van der Waals surface area contributed by atoms with Gasteiger partial charge < -0.3 is 33.2 Å². The van der Waals surface area contributed by atoms with Crippen molar-refractivity contribution in [2.75, 3.05) is 38.3 Å². The number of amides is 1. The molecule has 2 unspecified atom stereocenters. The number of nitriles is 1. The predicted molar refractivity (Wildman–Crippen MR) is 206 cm³/mol. The number of ether oxygens (including phenoxy) is 2. The van der Waals surface area contributed by atoms with Crippen LogP contribution in [0.1, 0.15) is 34.9 Å². The highest BCUT2D eigenvalue weighted by atomic mass is 31.2. The number of fused-ring (bicyclic) bond motifs is 5. The van der Waals surface area contributed by atoms with Crippen LogP contribution in [0.2, 0.25) is 0 Å². The van der Waals surface area contributed by atoms with Gasteiger partial charge in [-0.25, -0.2) is 58.8 Å². The molecule has 7 heterocycles. The third-order valence-corrected chi connectivity index (χ3v) is 11.5. The van der Waals surface area contributed by atoms with Crippen molar-refractivity contribution in [1.29, 1.82) is 5.26 Å². The van der Waals surface area contributed by atoms with Gasteiger partial charge in [-0.15, -0.1) is 0 Å². The maximum Gasteiger partial charge on any atom is 0.333 e. The van der Waals surface area contributed by atoms with Crippen molar-refractivity contribution < 1.29 is 50.2 Å². The highest BCUT2D eigenvalue weighted by Gasteiger charge is 2.56. The molecule has 20 nitrogen and oxygen atoms in total. The molecule has 1 amide bonds. The number of rotatable bonds is 10. The van der Waals surface area contributed by atoms with Crippen LogP contribution in [0.25, 0.3) is 27.2 Å². The Hall–Kier alpha value is -4.77. The summed E-state index contributed by atoms with van der Waals surface area (Å²) in [5, 5.41) is 12.0. The number of hydrogen-bond donors (Lipinski definition) is 1. The number of alkyl halides is 2. The zero-order valence-electron chi connectivity index (χ0n) is 30.4. The van der Waals surface area contributed by atoms with Crippen molar-refractivity contribution in [3.63, 3.8) is 0 Å². The fourth-order valence-electron chi connectivity index (χ4n) is 6.39. The molecule has 0 spiro atoms. The van der Waals surface area contributed by atoms with E-state index in [2.05, 4.69) is 40.1 Å². The number of anilines is 1. The van der Waals surface area contributed by atoms with Crippen LogP contribution in [0.3, 0.4) is 0 Å². The van der Waals surface area contributed by atoms with Crippen LogP contribution >= 0.6 is 16.4 Å². The summed E-state index contributed by atoms with van der Waals surface area (Å²) in [6.45, 7) is 8.04. The highest BCUT2D eigenvalue weighted by Crippen LogP contribution is 2.61. The molecule has 1 N–H and O–H groups in total. The molecule has 5 aromatic rings. The lowest BCUT2D eigenvalue weighted by molar-refractivity contribution is -0.0625. The largest absolute Gasteiger partial charge is 0.346 e. The molecule has 3 fully saturated rings. The minimum Gasteiger partial charge on any atom is -0.346 e. The molecule has 0 aliphatic carbocycles. The molecular formula is C34H36BF2N11O9P2. The lowest BCUT2D eigenvalue weighted by Crippen LogP contribution is -2.35. The maximum atomic E-state index is 16.8. The maximum absolute atomic E-state index is 16.8. The Bertz CT molecular complexity index is 2380. The highest BCUT2D eigenvalue weighted by molar-refractivity contribution is 7.85. The van der Waals surface area contributed by atoms with Crippen LogP contribution in [-0.2, 0) is 36.6 Å². The summed E-state index contributed by atoms with van der Waals surface area (Å²) in [6.07, 6.45) is -6.11. The smallest absolute Gasteiger partial charge is 0.333 e. The molecule has 3 aliphatic rings. The van der Waals surface area contributed by atoms with Gasteiger partial charge in [-0.3, -0.25) is 13.9 Å². The van der Waals surface area contributed by atoms with E-state index in [1.165, 1.54) is 34.4 Å². The fourth-order valence-corrected chi connectivity index (χ4v) is 8.66. The summed E-state index contributed by atoms with van der Waals surface area (Å²) in [6, 6.07) is 10.5. The van der Waals surface area contributed by atoms with Gasteiger partial charge in [-0.05, 0) is 19.1 Å². The van der Waals surface area contributed by atoms with E-state index in [0.717, 1.165) is 0 Å². The molecule has 59 heavy (non-hydrogen) atoms. The molecule has 4 aromatic heterocycles. The normalized spacial score (nSPS) is 29.8. The van der Waals surface area contributed by atoms with Crippen molar-refractivity contribution in [2.45, 2.75) is 62.6 Å². The second-order valence-electron chi connectivity index (χ2n) is 12.8. The van der Waals surface area contributed by atoms with Crippen molar-refractivity contribution in [3.05, 3.63) is 78.3 Å². The van der Waals surface area contributed by atoms with Gasteiger partial charge in [-0.1, -0.05) is 18.2 Å². The summed E-state index contributed by atoms with van der Waals surface area (Å²) in [4.78, 5) is 42.3. The second-order valence-corrected chi connectivity index (χ2v) is 15.2. The van der Waals surface area contributed by atoms with Crippen LogP contribution in [0.5, 0.6) is 0 Å². The number of aromatic nitrogens is 8. The minimum absolute atomic E-state index is 0.0204. The van der Waals surface area contributed by atoms with Crippen LogP contribution < -0.4 is 5.32 Å². The minimum atomic E-state index is -3.33. The molecule has 10 atom stereocenters. The van der Waals surface area contributed by atoms with Gasteiger partial charge in [0.1, 0.15) is 43.1 Å². The molecule has 3 aliphatic heterocycles. The van der Waals surface area contributed by atoms with Crippen molar-refractivity contribution in [2.24, 2.45) is 0 Å². The summed E-state index contributed by atoms with van der Waals surface area (Å²) in [5.74, 6) is -0.328. The first kappa shape index (κ1) is 41.0. The summed E-state index contributed by atoms with van der Waals surface area (Å²) in [5.41, 5.74) is 2.15. The Morgan fingerprint density at radius 1 is 1.00 bits per heavy atom. The van der Waals surface area contributed by atoms with Gasteiger partial charge in [0.15, 0.2) is 60.1 Å². The number of carbonyl (C=O) groups is 1. The molecule has 0 saturated carbocycles. The third-order valence-electron chi connectivity index (χ3n) is 9.16. The second kappa shape index (κ2) is 17.8. The van der Waals surface area contributed by atoms with Crippen molar-refractivity contribution in [3.8, 4) is 6.07 Å². The Balaban J connectivity index is 1.12. The van der Waals surface area contributed by atoms with Gasteiger partial charge in [0.25, 0.3) is 5.91 Å². The standard InChI is InChI=1S/C34H36BF2N11O9P2/c1-19-25-30(42-15-40-19)47(17-44-25)33-24(37)27-22(55-33)13-51-58(50-11-6-9-38)56-28-23(36)21(14-53-59(35,57-27)52-12-10-39-2)54-34(28)48-18-45-26-29(41-16-43-31(26)48)46-32(49)20-7-4-3-5-8-20/h3-5,7-8,15-18,21-24,27-28,33-34H,6,10-14H2,1,35H3,(H,41,43,46,49)/t21-,22-,23-,24-,27-,28-,33-,34-,58?,59?/m1/s1. The van der Waals surface area contributed by atoms with E-state index in [4.69, 9.17) is 43.2 Å². The van der Waals surface area contributed by atoms with Crippen LogP contribution in [-0.4, -0.2) is 122 Å². The van der Waals surface area contributed by atoms with Crippen molar-refractivity contribution in [1.82, 2.24) is 39.0 Å². The number of imidazole rings is 2. The van der Waals surface area contributed by atoms with Gasteiger partial charge in [0.05, 0.1) is 44.1 Å². The lowest BCUT2D eigenvalue weighted by Gasteiger charge is -2.30. The van der Waals surface area contributed by atoms with Crippen molar-refractivity contribution >= 4 is 58.0 Å². The molecule has 308 valence electrons. The zero-order chi connectivity index (χ0) is 41.1. The Morgan fingerprint density at radius 2 is 1.73 bits per heavy atom. The SMILES string of the molecule is [BH3-][P+]1(OCC[N+]#[C-])OC[C@H]2O[C@@H](n3cnc4c(NC(=O)c5ccccc5)ncnc43)[C@H](OP(OCCC#N)OC[C@H]3O[C@@H](n4cnc5c(C)ncnc54)[C@H](F)[C@@H]3O1)[C@@H]2F. The number of hydrogen-bond acceptors (Lipinski definition) is 16. The summed E-state index contributed by atoms with van der Waals surface area (Å²) in [7, 11) is -6.88. The van der Waals surface area contributed by atoms with Gasteiger partial charge in [0.2, 0.25) is 21.9 Å². The van der Waals surface area contributed by atoms with E-state index >= 15 is 8.78 Å².